The molecule has 0 radical (unpaired) electrons. The molecule has 1 fully saturated rings. The van der Waals surface area contributed by atoms with Crippen molar-refractivity contribution in [3.05, 3.63) is 34.4 Å². The summed E-state index contributed by atoms with van der Waals surface area (Å²) in [6, 6.07) is 2.12. The van der Waals surface area contributed by atoms with Gasteiger partial charge in [-0.1, -0.05) is 24.4 Å². The number of hydrogen-bond acceptors (Lipinski definition) is 1. The zero-order valence-electron chi connectivity index (χ0n) is 8.97. The molecule has 0 heterocycles. The van der Waals surface area contributed by atoms with Crippen molar-refractivity contribution in [3.63, 3.8) is 0 Å². The van der Waals surface area contributed by atoms with Crippen molar-refractivity contribution in [2.75, 3.05) is 0 Å². The van der Waals surface area contributed by atoms with E-state index in [-0.39, 0.29) is 17.9 Å². The molecule has 1 aromatic carbocycles. The minimum absolute atomic E-state index is 0.242. The summed E-state index contributed by atoms with van der Waals surface area (Å²) in [5, 5.41) is 9.04. The lowest BCUT2D eigenvalue weighted by atomic mass is 9.78. The van der Waals surface area contributed by atoms with Gasteiger partial charge in [0, 0.05) is 5.56 Å². The molecule has 0 aromatic heterocycles. The third-order valence-electron chi connectivity index (χ3n) is 3.39. The SMILES string of the molecule is O=C(O)C1(c2c(F)ccc(Cl)c2F)CCCC1. The largest absolute Gasteiger partial charge is 0.481 e. The molecule has 0 saturated heterocycles. The molecule has 0 bridgehead atoms. The van der Waals surface area contributed by atoms with Crippen LogP contribution in [-0.4, -0.2) is 11.1 Å². The number of carboxylic acids is 1. The second-order valence-electron chi connectivity index (χ2n) is 4.31. The predicted molar refractivity (Wildman–Crippen MR) is 59.1 cm³/mol. The topological polar surface area (TPSA) is 37.3 Å². The highest BCUT2D eigenvalue weighted by Gasteiger charge is 2.46. The van der Waals surface area contributed by atoms with Gasteiger partial charge in [0.15, 0.2) is 0 Å². The van der Waals surface area contributed by atoms with Crippen LogP contribution in [0.5, 0.6) is 0 Å². The Morgan fingerprint density at radius 2 is 1.88 bits per heavy atom. The van der Waals surface area contributed by atoms with Gasteiger partial charge in [-0.3, -0.25) is 4.79 Å². The summed E-state index contributed by atoms with van der Waals surface area (Å²) in [5.74, 6) is -2.97. The Morgan fingerprint density at radius 3 is 2.41 bits per heavy atom. The van der Waals surface area contributed by atoms with E-state index in [1.165, 1.54) is 0 Å². The minimum atomic E-state index is -1.46. The van der Waals surface area contributed by atoms with Crippen molar-refractivity contribution in [1.29, 1.82) is 0 Å². The van der Waals surface area contributed by atoms with Crippen LogP contribution in [0.25, 0.3) is 0 Å². The maximum absolute atomic E-state index is 13.9. The van der Waals surface area contributed by atoms with E-state index in [0.717, 1.165) is 12.1 Å². The van der Waals surface area contributed by atoms with Crippen molar-refractivity contribution < 1.29 is 18.7 Å². The molecular formula is C12H11ClF2O2. The normalized spacial score (nSPS) is 18.3. The molecule has 92 valence electrons. The van der Waals surface area contributed by atoms with E-state index < -0.39 is 28.6 Å². The fourth-order valence-electron chi connectivity index (χ4n) is 2.52. The molecule has 5 heteroatoms. The lowest BCUT2D eigenvalue weighted by Gasteiger charge is -2.25. The molecule has 0 spiro atoms. The average molecular weight is 261 g/mol. The molecular weight excluding hydrogens is 250 g/mol. The number of halogens is 3. The summed E-state index contributed by atoms with van der Waals surface area (Å²) < 4.78 is 27.6. The monoisotopic (exact) mass is 260 g/mol. The number of benzene rings is 1. The first-order valence-corrected chi connectivity index (χ1v) is 5.74. The van der Waals surface area contributed by atoms with Gasteiger partial charge in [0.05, 0.1) is 10.4 Å². The van der Waals surface area contributed by atoms with Crippen molar-refractivity contribution >= 4 is 17.6 Å². The number of carbonyl (C=O) groups is 1. The van der Waals surface area contributed by atoms with Crippen LogP contribution in [-0.2, 0) is 10.2 Å². The Morgan fingerprint density at radius 1 is 1.29 bits per heavy atom. The van der Waals surface area contributed by atoms with Gasteiger partial charge in [-0.15, -0.1) is 0 Å². The molecule has 2 nitrogen and oxygen atoms in total. The van der Waals surface area contributed by atoms with Crippen molar-refractivity contribution in [2.24, 2.45) is 0 Å². The van der Waals surface area contributed by atoms with E-state index in [1.54, 1.807) is 0 Å². The van der Waals surface area contributed by atoms with Crippen molar-refractivity contribution in [1.82, 2.24) is 0 Å². The van der Waals surface area contributed by atoms with Crippen LogP contribution in [0.2, 0.25) is 5.02 Å². The van der Waals surface area contributed by atoms with E-state index in [2.05, 4.69) is 0 Å². The first-order valence-electron chi connectivity index (χ1n) is 5.36. The first-order chi connectivity index (χ1) is 7.99. The van der Waals surface area contributed by atoms with Crippen LogP contribution in [0.4, 0.5) is 8.78 Å². The molecule has 1 aliphatic rings. The highest BCUT2D eigenvalue weighted by atomic mass is 35.5. The molecule has 0 amide bonds. The second-order valence-corrected chi connectivity index (χ2v) is 4.72. The van der Waals surface area contributed by atoms with Gasteiger partial charge < -0.3 is 5.11 Å². The van der Waals surface area contributed by atoms with Gasteiger partial charge in [0.1, 0.15) is 11.6 Å². The van der Waals surface area contributed by atoms with Crippen LogP contribution in [0.3, 0.4) is 0 Å². The predicted octanol–water partition coefficient (Wildman–Crippen LogP) is 3.51. The number of rotatable bonds is 2. The van der Waals surface area contributed by atoms with E-state index in [4.69, 9.17) is 11.6 Å². The molecule has 0 aliphatic heterocycles. The second kappa shape index (κ2) is 4.26. The summed E-state index contributed by atoms with van der Waals surface area (Å²) >= 11 is 5.60. The zero-order chi connectivity index (χ0) is 12.6. The molecule has 0 unspecified atom stereocenters. The molecule has 1 aliphatic carbocycles. The summed E-state index contributed by atoms with van der Waals surface area (Å²) in [6.07, 6.45) is 1.79. The van der Waals surface area contributed by atoms with E-state index >= 15 is 0 Å². The lowest BCUT2D eigenvalue weighted by molar-refractivity contribution is -0.143. The summed E-state index contributed by atoms with van der Waals surface area (Å²) in [5.41, 5.74) is -1.85. The van der Waals surface area contributed by atoms with E-state index in [1.807, 2.05) is 0 Å². The van der Waals surface area contributed by atoms with Crippen LogP contribution in [0.15, 0.2) is 12.1 Å². The van der Waals surface area contributed by atoms with E-state index in [0.29, 0.717) is 12.8 Å². The summed E-state index contributed by atoms with van der Waals surface area (Å²) in [7, 11) is 0. The smallest absolute Gasteiger partial charge is 0.314 e. The Bertz CT molecular complexity index is 468. The van der Waals surface area contributed by atoms with Crippen LogP contribution >= 0.6 is 11.6 Å². The van der Waals surface area contributed by atoms with Gasteiger partial charge in [-0.2, -0.15) is 0 Å². The summed E-state index contributed by atoms with van der Waals surface area (Å²) in [4.78, 5) is 11.4. The Balaban J connectivity index is 2.66. The average Bonchev–Trinajstić information content (AvgIpc) is 2.74. The number of aliphatic carboxylic acids is 1. The Hall–Kier alpha value is -1.16. The fourth-order valence-corrected chi connectivity index (χ4v) is 2.67. The molecule has 1 aromatic rings. The molecule has 0 atom stereocenters. The highest BCUT2D eigenvalue weighted by Crippen LogP contribution is 2.44. The highest BCUT2D eigenvalue weighted by molar-refractivity contribution is 6.30. The lowest BCUT2D eigenvalue weighted by Crippen LogP contribution is -2.34. The number of hydrogen-bond donors (Lipinski definition) is 1. The maximum Gasteiger partial charge on any atom is 0.314 e. The third kappa shape index (κ3) is 1.80. The summed E-state index contributed by atoms with van der Waals surface area (Å²) in [6.45, 7) is 0. The van der Waals surface area contributed by atoms with Gasteiger partial charge in [0.2, 0.25) is 0 Å². The third-order valence-corrected chi connectivity index (χ3v) is 3.68. The van der Waals surface area contributed by atoms with Gasteiger partial charge in [0.25, 0.3) is 0 Å². The molecule has 17 heavy (non-hydrogen) atoms. The van der Waals surface area contributed by atoms with Crippen LogP contribution in [0, 0.1) is 11.6 Å². The van der Waals surface area contributed by atoms with Gasteiger partial charge in [-0.05, 0) is 25.0 Å². The van der Waals surface area contributed by atoms with Crippen molar-refractivity contribution in [2.45, 2.75) is 31.1 Å². The minimum Gasteiger partial charge on any atom is -0.481 e. The van der Waals surface area contributed by atoms with E-state index in [9.17, 15) is 18.7 Å². The van der Waals surface area contributed by atoms with Crippen molar-refractivity contribution in [3.8, 4) is 0 Å². The Labute approximate surface area is 102 Å². The molecule has 1 saturated carbocycles. The maximum atomic E-state index is 13.9. The zero-order valence-corrected chi connectivity index (χ0v) is 9.73. The number of carboxylic acid groups (broad SMARTS) is 1. The van der Waals surface area contributed by atoms with Gasteiger partial charge in [-0.25, -0.2) is 8.78 Å². The van der Waals surface area contributed by atoms with Crippen LogP contribution < -0.4 is 0 Å². The standard InChI is InChI=1S/C12H11ClF2O2/c13-7-3-4-8(14)9(10(7)15)12(11(16)17)5-1-2-6-12/h3-4H,1-2,5-6H2,(H,16,17). The molecule has 1 N–H and O–H groups in total. The van der Waals surface area contributed by atoms with Crippen LogP contribution in [0.1, 0.15) is 31.2 Å². The Kier molecular flexibility index (Phi) is 3.08. The van der Waals surface area contributed by atoms with Gasteiger partial charge >= 0.3 is 5.97 Å². The fraction of sp³-hybridized carbons (Fsp3) is 0.417. The first kappa shape index (κ1) is 12.3. The molecule has 2 rings (SSSR count). The quantitative estimate of drug-likeness (QED) is 0.826.